The molecule has 1 amide bonds. The van der Waals surface area contributed by atoms with Crippen molar-refractivity contribution in [3.63, 3.8) is 0 Å². The quantitative estimate of drug-likeness (QED) is 0.650. The maximum Gasteiger partial charge on any atom is 0.257 e. The average Bonchev–Trinajstić information content (AvgIpc) is 3.36. The van der Waals surface area contributed by atoms with Crippen LogP contribution in [0.1, 0.15) is 25.1 Å². The van der Waals surface area contributed by atoms with Gasteiger partial charge in [0.15, 0.2) is 5.82 Å². The highest BCUT2D eigenvalue weighted by atomic mass is 16.5. The fraction of sp³-hybridized carbons (Fsp3) is 0.286. The number of carbonyl (C=O) groups excluding carboxylic acids is 1. The number of amides is 1. The Morgan fingerprint density at radius 1 is 1.11 bits per heavy atom. The summed E-state index contributed by atoms with van der Waals surface area (Å²) in [4.78, 5) is 18.7. The van der Waals surface area contributed by atoms with Crippen molar-refractivity contribution in [1.29, 1.82) is 0 Å². The van der Waals surface area contributed by atoms with Crippen LogP contribution in [0, 0.1) is 0 Å². The molecule has 1 saturated heterocycles. The molecule has 1 aliphatic heterocycles. The van der Waals surface area contributed by atoms with Crippen molar-refractivity contribution in [2.24, 2.45) is 0 Å². The van der Waals surface area contributed by atoms with Gasteiger partial charge in [-0.25, -0.2) is 0 Å². The summed E-state index contributed by atoms with van der Waals surface area (Å²) in [6.45, 7) is 3.08. The molecular weight excluding hydrogens is 358 g/mol. The van der Waals surface area contributed by atoms with Gasteiger partial charge in [0.25, 0.3) is 5.89 Å². The Kier molecular flexibility index (Phi) is 4.97. The van der Waals surface area contributed by atoms with Crippen LogP contribution in [0.25, 0.3) is 11.5 Å². The molecule has 0 unspecified atom stereocenters. The summed E-state index contributed by atoms with van der Waals surface area (Å²) in [6, 6.07) is 14.9. The molecule has 2 heterocycles. The van der Waals surface area contributed by atoms with Crippen LogP contribution in [0.2, 0.25) is 0 Å². The Morgan fingerprint density at radius 2 is 1.82 bits per heavy atom. The SMILES string of the molecule is CCOc1ccc(-c2nc([C@@H]3CC(=O)N(c4ccc(OC)cc4)C3)no2)cc1. The third-order valence-corrected chi connectivity index (χ3v) is 4.73. The smallest absolute Gasteiger partial charge is 0.257 e. The number of anilines is 1. The first-order valence-corrected chi connectivity index (χ1v) is 9.19. The third kappa shape index (κ3) is 3.55. The standard InChI is InChI=1S/C21H21N3O4/c1-3-27-18-8-4-14(5-9-18)21-22-20(23-28-21)15-12-19(25)24(13-15)16-6-10-17(26-2)11-7-16/h4-11,15H,3,12-13H2,1-2H3/t15-/m1/s1. The molecule has 0 saturated carbocycles. The number of ether oxygens (including phenoxy) is 2. The van der Waals surface area contributed by atoms with Gasteiger partial charge in [0.05, 0.1) is 13.7 Å². The largest absolute Gasteiger partial charge is 0.497 e. The predicted molar refractivity (Wildman–Crippen MR) is 104 cm³/mol. The van der Waals surface area contributed by atoms with Gasteiger partial charge in [0.1, 0.15) is 11.5 Å². The number of hydrogen-bond donors (Lipinski definition) is 0. The van der Waals surface area contributed by atoms with Gasteiger partial charge in [-0.3, -0.25) is 4.79 Å². The molecule has 0 bridgehead atoms. The van der Waals surface area contributed by atoms with Gasteiger partial charge < -0.3 is 18.9 Å². The molecule has 7 heteroatoms. The van der Waals surface area contributed by atoms with Crippen molar-refractivity contribution in [3.05, 3.63) is 54.4 Å². The summed E-state index contributed by atoms with van der Waals surface area (Å²) in [5.74, 6) is 2.48. The Balaban J connectivity index is 1.48. The normalized spacial score (nSPS) is 16.4. The molecule has 144 valence electrons. The van der Waals surface area contributed by atoms with E-state index < -0.39 is 0 Å². The van der Waals surface area contributed by atoms with Crippen LogP contribution in [0.5, 0.6) is 11.5 Å². The second kappa shape index (κ2) is 7.72. The number of rotatable bonds is 6. The lowest BCUT2D eigenvalue weighted by Crippen LogP contribution is -2.24. The molecule has 28 heavy (non-hydrogen) atoms. The number of benzene rings is 2. The zero-order valence-electron chi connectivity index (χ0n) is 15.8. The monoisotopic (exact) mass is 379 g/mol. The van der Waals surface area contributed by atoms with Crippen molar-refractivity contribution in [3.8, 4) is 23.0 Å². The molecule has 3 aromatic rings. The van der Waals surface area contributed by atoms with Crippen LogP contribution < -0.4 is 14.4 Å². The summed E-state index contributed by atoms with van der Waals surface area (Å²) < 4.78 is 16.0. The zero-order chi connectivity index (χ0) is 19.5. The topological polar surface area (TPSA) is 77.7 Å². The lowest BCUT2D eigenvalue weighted by Gasteiger charge is -2.16. The van der Waals surface area contributed by atoms with Crippen LogP contribution in [-0.4, -0.2) is 36.3 Å². The fourth-order valence-corrected chi connectivity index (χ4v) is 3.27. The second-order valence-electron chi connectivity index (χ2n) is 6.52. The van der Waals surface area contributed by atoms with Crippen LogP contribution in [0.3, 0.4) is 0 Å². The van der Waals surface area contributed by atoms with Gasteiger partial charge in [-0.05, 0) is 55.5 Å². The Morgan fingerprint density at radius 3 is 2.50 bits per heavy atom. The molecule has 0 radical (unpaired) electrons. The van der Waals surface area contributed by atoms with Crippen LogP contribution >= 0.6 is 0 Å². The highest BCUT2D eigenvalue weighted by Gasteiger charge is 2.34. The Labute approximate surface area is 162 Å². The molecule has 2 aromatic carbocycles. The van der Waals surface area contributed by atoms with Gasteiger partial charge >= 0.3 is 0 Å². The molecule has 1 aliphatic rings. The van der Waals surface area contributed by atoms with Gasteiger partial charge in [0, 0.05) is 30.1 Å². The lowest BCUT2D eigenvalue weighted by molar-refractivity contribution is -0.117. The average molecular weight is 379 g/mol. The van der Waals surface area contributed by atoms with E-state index in [1.165, 1.54) is 0 Å². The molecular formula is C21H21N3O4. The summed E-state index contributed by atoms with van der Waals surface area (Å²) >= 11 is 0. The van der Waals surface area contributed by atoms with Gasteiger partial charge in [-0.2, -0.15) is 4.98 Å². The summed E-state index contributed by atoms with van der Waals surface area (Å²) in [5, 5.41) is 4.11. The summed E-state index contributed by atoms with van der Waals surface area (Å²) in [5.41, 5.74) is 1.65. The van der Waals surface area contributed by atoms with Gasteiger partial charge in [-0.15, -0.1) is 0 Å². The van der Waals surface area contributed by atoms with E-state index in [2.05, 4.69) is 10.1 Å². The number of methoxy groups -OCH3 is 1. The van der Waals surface area contributed by atoms with Crippen molar-refractivity contribution in [1.82, 2.24) is 10.1 Å². The predicted octanol–water partition coefficient (Wildman–Crippen LogP) is 3.66. The number of carbonyl (C=O) groups is 1. The third-order valence-electron chi connectivity index (χ3n) is 4.73. The minimum absolute atomic E-state index is 0.0441. The molecule has 7 nitrogen and oxygen atoms in total. The molecule has 0 spiro atoms. The van der Waals surface area contributed by atoms with E-state index in [1.54, 1.807) is 12.0 Å². The highest BCUT2D eigenvalue weighted by Crippen LogP contribution is 2.32. The molecule has 0 aliphatic carbocycles. The number of nitrogens with zero attached hydrogens (tertiary/aromatic N) is 3. The Hall–Kier alpha value is -3.35. The van der Waals surface area contributed by atoms with E-state index in [1.807, 2.05) is 55.5 Å². The van der Waals surface area contributed by atoms with Crippen LogP contribution in [0.4, 0.5) is 5.69 Å². The lowest BCUT2D eigenvalue weighted by atomic mass is 10.1. The highest BCUT2D eigenvalue weighted by molar-refractivity contribution is 5.96. The zero-order valence-corrected chi connectivity index (χ0v) is 15.8. The van der Waals surface area contributed by atoms with Crippen molar-refractivity contribution in [2.75, 3.05) is 25.2 Å². The van der Waals surface area contributed by atoms with Crippen molar-refractivity contribution in [2.45, 2.75) is 19.3 Å². The molecule has 1 atom stereocenters. The van der Waals surface area contributed by atoms with E-state index in [0.29, 0.717) is 31.3 Å². The fourth-order valence-electron chi connectivity index (χ4n) is 3.27. The minimum Gasteiger partial charge on any atom is -0.497 e. The van der Waals surface area contributed by atoms with E-state index in [-0.39, 0.29) is 11.8 Å². The van der Waals surface area contributed by atoms with E-state index in [0.717, 1.165) is 22.7 Å². The van der Waals surface area contributed by atoms with E-state index >= 15 is 0 Å². The maximum atomic E-state index is 12.5. The second-order valence-corrected chi connectivity index (χ2v) is 6.52. The molecule has 1 aromatic heterocycles. The first-order valence-electron chi connectivity index (χ1n) is 9.19. The van der Waals surface area contributed by atoms with Gasteiger partial charge in [0.2, 0.25) is 5.91 Å². The van der Waals surface area contributed by atoms with Crippen molar-refractivity contribution < 1.29 is 18.8 Å². The first kappa shape index (κ1) is 18.0. The molecule has 0 N–H and O–H groups in total. The molecule has 4 rings (SSSR count). The van der Waals surface area contributed by atoms with Crippen LogP contribution in [-0.2, 0) is 4.79 Å². The maximum absolute atomic E-state index is 12.5. The van der Waals surface area contributed by atoms with Gasteiger partial charge in [-0.1, -0.05) is 5.16 Å². The Bertz CT molecular complexity index is 951. The van der Waals surface area contributed by atoms with Crippen molar-refractivity contribution >= 4 is 11.6 Å². The molecule has 1 fully saturated rings. The summed E-state index contributed by atoms with van der Waals surface area (Å²) in [6.07, 6.45) is 0.355. The number of hydrogen-bond acceptors (Lipinski definition) is 6. The van der Waals surface area contributed by atoms with E-state index in [9.17, 15) is 4.79 Å². The first-order chi connectivity index (χ1) is 13.7. The minimum atomic E-state index is -0.102. The summed E-state index contributed by atoms with van der Waals surface area (Å²) in [7, 11) is 1.62. The number of aromatic nitrogens is 2. The van der Waals surface area contributed by atoms with E-state index in [4.69, 9.17) is 14.0 Å². The van der Waals surface area contributed by atoms with Crippen LogP contribution in [0.15, 0.2) is 53.1 Å².